The third-order valence-corrected chi connectivity index (χ3v) is 5.73. The van der Waals surface area contributed by atoms with Gasteiger partial charge in [0.25, 0.3) is 5.56 Å². The van der Waals surface area contributed by atoms with Gasteiger partial charge in [0.1, 0.15) is 4.83 Å². The van der Waals surface area contributed by atoms with Crippen LogP contribution in [0.5, 0.6) is 0 Å². The predicted octanol–water partition coefficient (Wildman–Crippen LogP) is 2.81. The Hall–Kier alpha value is -1.90. The molecule has 9 heteroatoms. The highest BCUT2D eigenvalue weighted by atomic mass is 32.1. The number of rotatable bonds is 4. The van der Waals surface area contributed by atoms with Gasteiger partial charge in [0, 0.05) is 6.54 Å². The number of aryl methyl sites for hydroxylation is 2. The summed E-state index contributed by atoms with van der Waals surface area (Å²) in [5, 5.41) is 0.164. The molecule has 0 spiro atoms. The second-order valence-electron chi connectivity index (χ2n) is 6.33. The summed E-state index contributed by atoms with van der Waals surface area (Å²) in [4.78, 5) is 37.0. The smallest absolute Gasteiger partial charge is 0.297 e. The Bertz CT molecular complexity index is 948. The van der Waals surface area contributed by atoms with Gasteiger partial charge >= 0.3 is 11.9 Å². The largest absolute Gasteiger partial charge is 0.390 e. The van der Waals surface area contributed by atoms with Crippen molar-refractivity contribution >= 4 is 27.8 Å². The number of carbonyl (C=O) groups excluding carboxylic acids is 1. The molecule has 1 aliphatic carbocycles. The molecule has 2 aromatic rings. The van der Waals surface area contributed by atoms with Gasteiger partial charge in [-0.25, -0.2) is 4.79 Å². The van der Waals surface area contributed by atoms with Crippen molar-refractivity contribution in [3.8, 4) is 0 Å². The average molecular weight is 360 g/mol. The van der Waals surface area contributed by atoms with Crippen LogP contribution in [0.25, 0.3) is 10.2 Å². The number of hydrogen-bond donors (Lipinski definition) is 0. The molecule has 0 N–H and O–H groups in total. The van der Waals surface area contributed by atoms with E-state index in [0.29, 0.717) is 24.7 Å². The fraction of sp³-hybridized carbons (Fsp3) is 0.533. The molecule has 2 heterocycles. The zero-order chi connectivity index (χ0) is 17.9. The van der Waals surface area contributed by atoms with Crippen LogP contribution in [0.15, 0.2) is 9.59 Å². The van der Waals surface area contributed by atoms with Gasteiger partial charge < -0.3 is 0 Å². The van der Waals surface area contributed by atoms with Crippen LogP contribution >= 0.6 is 11.3 Å². The highest BCUT2D eigenvalue weighted by Crippen LogP contribution is 2.41. The molecule has 1 fully saturated rings. The highest BCUT2D eigenvalue weighted by molar-refractivity contribution is 7.20. The summed E-state index contributed by atoms with van der Waals surface area (Å²) in [7, 11) is 0. The number of halogens is 3. The van der Waals surface area contributed by atoms with E-state index in [9.17, 15) is 27.6 Å². The second kappa shape index (κ2) is 5.30. The molecule has 0 atom stereocenters. The molecule has 1 aliphatic rings. The maximum absolute atomic E-state index is 12.8. The fourth-order valence-electron chi connectivity index (χ4n) is 2.79. The molecule has 0 unspecified atom stereocenters. The Morgan fingerprint density at radius 1 is 1.29 bits per heavy atom. The van der Waals surface area contributed by atoms with Crippen LogP contribution in [0, 0.1) is 6.92 Å². The molecule has 24 heavy (non-hydrogen) atoms. The van der Waals surface area contributed by atoms with E-state index in [1.807, 2.05) is 0 Å². The first-order valence-electron chi connectivity index (χ1n) is 7.40. The number of aromatic nitrogens is 2. The minimum Gasteiger partial charge on any atom is -0.297 e. The SMILES string of the molecule is Cc1c(C=O)sc2c1c(=O)n(C1(C)CC1)c(=O)n2CCC(F)(F)F. The lowest BCUT2D eigenvalue weighted by Crippen LogP contribution is -2.44. The van der Waals surface area contributed by atoms with E-state index in [1.165, 1.54) is 0 Å². The van der Waals surface area contributed by atoms with E-state index >= 15 is 0 Å². The third kappa shape index (κ3) is 2.60. The lowest BCUT2D eigenvalue weighted by Gasteiger charge is -2.17. The normalized spacial score (nSPS) is 16.5. The molecule has 0 radical (unpaired) electrons. The fourth-order valence-corrected chi connectivity index (χ4v) is 3.93. The third-order valence-electron chi connectivity index (χ3n) is 4.49. The van der Waals surface area contributed by atoms with Crippen molar-refractivity contribution < 1.29 is 18.0 Å². The molecule has 0 saturated heterocycles. The minimum absolute atomic E-state index is 0.134. The first kappa shape index (κ1) is 16.9. The van der Waals surface area contributed by atoms with E-state index in [1.54, 1.807) is 13.8 Å². The van der Waals surface area contributed by atoms with Crippen LogP contribution in [0.3, 0.4) is 0 Å². The van der Waals surface area contributed by atoms with Crippen molar-refractivity contribution in [1.82, 2.24) is 9.13 Å². The summed E-state index contributed by atoms with van der Waals surface area (Å²) in [5.74, 6) is 0. The van der Waals surface area contributed by atoms with E-state index < -0.39 is 35.9 Å². The Morgan fingerprint density at radius 3 is 2.42 bits per heavy atom. The summed E-state index contributed by atoms with van der Waals surface area (Å²) in [6.07, 6.45) is -3.80. The predicted molar refractivity (Wildman–Crippen MR) is 84.0 cm³/mol. The number of thiophene rings is 1. The van der Waals surface area contributed by atoms with Crippen LogP contribution in [0.2, 0.25) is 0 Å². The van der Waals surface area contributed by atoms with E-state index in [2.05, 4.69) is 0 Å². The van der Waals surface area contributed by atoms with Crippen molar-refractivity contribution in [2.75, 3.05) is 0 Å². The Labute approximate surface area is 138 Å². The molecule has 2 aromatic heterocycles. The maximum Gasteiger partial charge on any atom is 0.390 e. The molecule has 3 rings (SSSR count). The number of fused-ring (bicyclic) bond motifs is 1. The minimum atomic E-state index is -4.42. The zero-order valence-corrected chi connectivity index (χ0v) is 13.9. The lowest BCUT2D eigenvalue weighted by atomic mass is 10.2. The average Bonchev–Trinajstić information content (AvgIpc) is 3.10. The van der Waals surface area contributed by atoms with Crippen LogP contribution < -0.4 is 11.2 Å². The quantitative estimate of drug-likeness (QED) is 0.788. The standard InChI is InChI=1S/C15H15F3N2O3S/c1-8-9(7-21)24-12-10(8)11(22)20(14(2)3-4-14)13(23)19(12)6-5-15(16,17)18/h7H,3-6H2,1-2H3. The van der Waals surface area contributed by atoms with Crippen molar-refractivity contribution in [2.24, 2.45) is 0 Å². The summed E-state index contributed by atoms with van der Waals surface area (Å²) in [5.41, 5.74) is -1.51. The number of hydrogen-bond acceptors (Lipinski definition) is 4. The van der Waals surface area contributed by atoms with Crippen LogP contribution in [0.4, 0.5) is 13.2 Å². The molecular weight excluding hydrogens is 345 g/mol. The summed E-state index contributed by atoms with van der Waals surface area (Å²) >= 11 is 0.883. The van der Waals surface area contributed by atoms with Crippen LogP contribution in [0.1, 0.15) is 41.4 Å². The summed E-state index contributed by atoms with van der Waals surface area (Å²) < 4.78 is 39.9. The van der Waals surface area contributed by atoms with Gasteiger partial charge in [0.05, 0.1) is 22.2 Å². The van der Waals surface area contributed by atoms with Gasteiger partial charge in [0.2, 0.25) is 0 Å². The number of carbonyl (C=O) groups is 1. The summed E-state index contributed by atoms with van der Waals surface area (Å²) in [6.45, 7) is 2.73. The zero-order valence-electron chi connectivity index (χ0n) is 13.1. The van der Waals surface area contributed by atoms with Gasteiger partial charge in [-0.05, 0) is 32.3 Å². The molecular formula is C15H15F3N2O3S. The van der Waals surface area contributed by atoms with Crippen molar-refractivity contribution in [1.29, 1.82) is 0 Å². The van der Waals surface area contributed by atoms with E-state index in [-0.39, 0.29) is 15.1 Å². The van der Waals surface area contributed by atoms with E-state index in [0.717, 1.165) is 20.5 Å². The summed E-state index contributed by atoms with van der Waals surface area (Å²) in [6, 6.07) is 0. The molecule has 0 amide bonds. The first-order chi connectivity index (χ1) is 11.1. The van der Waals surface area contributed by atoms with Gasteiger partial charge in [-0.1, -0.05) is 0 Å². The topological polar surface area (TPSA) is 61.1 Å². The number of nitrogens with zero attached hydrogens (tertiary/aromatic N) is 2. The highest BCUT2D eigenvalue weighted by Gasteiger charge is 2.43. The molecule has 0 aliphatic heterocycles. The molecule has 0 bridgehead atoms. The van der Waals surface area contributed by atoms with Gasteiger partial charge in [0.15, 0.2) is 6.29 Å². The number of aldehydes is 1. The molecule has 5 nitrogen and oxygen atoms in total. The second-order valence-corrected chi connectivity index (χ2v) is 7.36. The van der Waals surface area contributed by atoms with Gasteiger partial charge in [-0.3, -0.25) is 18.7 Å². The van der Waals surface area contributed by atoms with Crippen molar-refractivity contribution in [2.45, 2.75) is 51.4 Å². The monoisotopic (exact) mass is 360 g/mol. The Morgan fingerprint density at radius 2 is 1.92 bits per heavy atom. The molecule has 0 aromatic carbocycles. The van der Waals surface area contributed by atoms with Crippen LogP contribution in [-0.4, -0.2) is 21.6 Å². The number of alkyl halides is 3. The Balaban J connectivity index is 2.34. The van der Waals surface area contributed by atoms with Gasteiger partial charge in [-0.15, -0.1) is 11.3 Å². The van der Waals surface area contributed by atoms with E-state index in [4.69, 9.17) is 0 Å². The van der Waals surface area contributed by atoms with Gasteiger partial charge in [-0.2, -0.15) is 13.2 Å². The first-order valence-corrected chi connectivity index (χ1v) is 8.22. The maximum atomic E-state index is 12.8. The van der Waals surface area contributed by atoms with Crippen LogP contribution in [-0.2, 0) is 12.1 Å². The van der Waals surface area contributed by atoms with Crippen molar-refractivity contribution in [3.63, 3.8) is 0 Å². The Kier molecular flexibility index (Phi) is 3.74. The van der Waals surface area contributed by atoms with Crippen molar-refractivity contribution in [3.05, 3.63) is 31.3 Å². The molecule has 1 saturated carbocycles. The molecule has 130 valence electrons. The lowest BCUT2D eigenvalue weighted by molar-refractivity contribution is -0.136.